The zero-order chi connectivity index (χ0) is 11.5. The standard InChI is InChI=1S/C11H19N3OS/c1-9(16(2)15)5-7-14-8-6-12-11(14)13-10-3-4-10/h6,8-10H,3-5,7H2,1-2H3,(H,12,13). The van der Waals surface area contributed by atoms with Gasteiger partial charge < -0.3 is 9.88 Å². The lowest BCUT2D eigenvalue weighted by molar-refractivity contribution is 0.621. The fourth-order valence-electron chi connectivity index (χ4n) is 1.53. The molecule has 1 aromatic rings. The Kier molecular flexibility index (Phi) is 3.63. The fourth-order valence-corrected chi connectivity index (χ4v) is 1.96. The van der Waals surface area contributed by atoms with Gasteiger partial charge in [-0.25, -0.2) is 4.98 Å². The summed E-state index contributed by atoms with van der Waals surface area (Å²) in [7, 11) is -0.731. The van der Waals surface area contributed by atoms with Crippen LogP contribution in [0.4, 0.5) is 5.95 Å². The molecule has 4 nitrogen and oxygen atoms in total. The molecule has 0 saturated heterocycles. The smallest absolute Gasteiger partial charge is 0.202 e. The van der Waals surface area contributed by atoms with Crippen molar-refractivity contribution in [1.82, 2.24) is 9.55 Å². The summed E-state index contributed by atoms with van der Waals surface area (Å²) < 4.78 is 13.4. The molecular weight excluding hydrogens is 222 g/mol. The van der Waals surface area contributed by atoms with Crippen LogP contribution in [0.1, 0.15) is 26.2 Å². The van der Waals surface area contributed by atoms with Gasteiger partial charge in [0.05, 0.1) is 0 Å². The van der Waals surface area contributed by atoms with Crippen LogP contribution >= 0.6 is 0 Å². The van der Waals surface area contributed by atoms with E-state index in [1.165, 1.54) is 12.8 Å². The molecule has 0 amide bonds. The molecule has 0 aliphatic heterocycles. The summed E-state index contributed by atoms with van der Waals surface area (Å²) in [4.78, 5) is 4.30. The van der Waals surface area contributed by atoms with E-state index in [-0.39, 0.29) is 5.25 Å². The Bertz CT molecular complexity index is 373. The quantitative estimate of drug-likeness (QED) is 0.823. The van der Waals surface area contributed by atoms with E-state index in [4.69, 9.17) is 0 Å². The summed E-state index contributed by atoms with van der Waals surface area (Å²) in [6.45, 7) is 2.91. The molecule has 16 heavy (non-hydrogen) atoms. The number of hydrogen-bond donors (Lipinski definition) is 1. The predicted molar refractivity (Wildman–Crippen MR) is 67.0 cm³/mol. The van der Waals surface area contributed by atoms with Crippen molar-refractivity contribution in [1.29, 1.82) is 0 Å². The molecule has 1 aromatic heterocycles. The summed E-state index contributed by atoms with van der Waals surface area (Å²) >= 11 is 0. The van der Waals surface area contributed by atoms with E-state index in [0.29, 0.717) is 6.04 Å². The Balaban J connectivity index is 1.87. The second-order valence-corrected chi connectivity index (χ2v) is 6.26. The van der Waals surface area contributed by atoms with E-state index < -0.39 is 10.8 Å². The Hall–Kier alpha value is -0.840. The second kappa shape index (κ2) is 4.99. The number of aryl methyl sites for hydroxylation is 1. The first-order valence-corrected chi connectivity index (χ1v) is 7.39. The third kappa shape index (κ3) is 3.07. The maximum absolute atomic E-state index is 11.2. The topological polar surface area (TPSA) is 46.9 Å². The van der Waals surface area contributed by atoms with Crippen LogP contribution in [0, 0.1) is 0 Å². The van der Waals surface area contributed by atoms with E-state index >= 15 is 0 Å². The first kappa shape index (κ1) is 11.6. The predicted octanol–water partition coefficient (Wildman–Crippen LogP) is 1.61. The van der Waals surface area contributed by atoms with Crippen LogP contribution in [0.25, 0.3) is 0 Å². The van der Waals surface area contributed by atoms with Gasteiger partial charge in [-0.2, -0.15) is 0 Å². The Morgan fingerprint density at radius 2 is 2.44 bits per heavy atom. The summed E-state index contributed by atoms with van der Waals surface area (Å²) in [6.07, 6.45) is 9.00. The molecule has 1 aliphatic rings. The van der Waals surface area contributed by atoms with Gasteiger partial charge in [0, 0.05) is 47.3 Å². The van der Waals surface area contributed by atoms with Crippen LogP contribution < -0.4 is 5.32 Å². The third-order valence-electron chi connectivity index (χ3n) is 2.97. The van der Waals surface area contributed by atoms with E-state index in [1.807, 2.05) is 19.3 Å². The van der Waals surface area contributed by atoms with Gasteiger partial charge in [-0.05, 0) is 19.3 Å². The van der Waals surface area contributed by atoms with Crippen LogP contribution in [0.3, 0.4) is 0 Å². The zero-order valence-electron chi connectivity index (χ0n) is 9.85. The van der Waals surface area contributed by atoms with Gasteiger partial charge in [0.15, 0.2) is 0 Å². The monoisotopic (exact) mass is 241 g/mol. The molecule has 1 N–H and O–H groups in total. The highest BCUT2D eigenvalue weighted by atomic mass is 32.2. The highest BCUT2D eigenvalue weighted by Crippen LogP contribution is 2.23. The van der Waals surface area contributed by atoms with Crippen LogP contribution in [0.5, 0.6) is 0 Å². The van der Waals surface area contributed by atoms with Crippen molar-refractivity contribution in [2.45, 2.75) is 44.0 Å². The molecule has 90 valence electrons. The molecule has 5 heteroatoms. The lowest BCUT2D eigenvalue weighted by Gasteiger charge is -2.11. The van der Waals surface area contributed by atoms with E-state index in [1.54, 1.807) is 6.26 Å². The van der Waals surface area contributed by atoms with Crippen molar-refractivity contribution in [3.63, 3.8) is 0 Å². The number of rotatable bonds is 6. The number of hydrogen-bond acceptors (Lipinski definition) is 3. The second-order valence-electron chi connectivity index (χ2n) is 4.46. The number of anilines is 1. The fraction of sp³-hybridized carbons (Fsp3) is 0.727. The molecule has 1 heterocycles. The maximum Gasteiger partial charge on any atom is 0.202 e. The third-order valence-corrected chi connectivity index (χ3v) is 4.34. The number of aromatic nitrogens is 2. The van der Waals surface area contributed by atoms with Crippen LogP contribution in [0.15, 0.2) is 12.4 Å². The molecule has 2 unspecified atom stereocenters. The van der Waals surface area contributed by atoms with Crippen LogP contribution in [0.2, 0.25) is 0 Å². The largest absolute Gasteiger partial charge is 0.353 e. The number of nitrogens with one attached hydrogen (secondary N) is 1. The molecule has 0 radical (unpaired) electrons. The van der Waals surface area contributed by atoms with Gasteiger partial charge in [0.2, 0.25) is 5.95 Å². The summed E-state index contributed by atoms with van der Waals surface area (Å²) in [5, 5.41) is 3.64. The molecular formula is C11H19N3OS. The minimum Gasteiger partial charge on any atom is -0.353 e. The minimum atomic E-state index is -0.731. The highest BCUT2D eigenvalue weighted by molar-refractivity contribution is 7.84. The van der Waals surface area contributed by atoms with Crippen molar-refractivity contribution in [2.24, 2.45) is 0 Å². The van der Waals surface area contributed by atoms with Gasteiger partial charge in [-0.1, -0.05) is 6.92 Å². The van der Waals surface area contributed by atoms with E-state index in [0.717, 1.165) is 18.9 Å². The van der Waals surface area contributed by atoms with Crippen molar-refractivity contribution >= 4 is 16.7 Å². The summed E-state index contributed by atoms with van der Waals surface area (Å²) in [5.41, 5.74) is 0. The molecule has 1 fully saturated rings. The Morgan fingerprint density at radius 3 is 3.06 bits per heavy atom. The normalized spacial score (nSPS) is 19.4. The Morgan fingerprint density at radius 1 is 1.69 bits per heavy atom. The first-order chi connectivity index (χ1) is 7.66. The highest BCUT2D eigenvalue weighted by Gasteiger charge is 2.22. The average Bonchev–Trinajstić information content (AvgIpc) is 2.94. The molecule has 0 bridgehead atoms. The van der Waals surface area contributed by atoms with Crippen molar-refractivity contribution in [2.75, 3.05) is 11.6 Å². The molecule has 1 aliphatic carbocycles. The van der Waals surface area contributed by atoms with Gasteiger partial charge in [0.25, 0.3) is 0 Å². The molecule has 0 aromatic carbocycles. The zero-order valence-corrected chi connectivity index (χ0v) is 10.7. The molecule has 2 atom stereocenters. The minimum absolute atomic E-state index is 0.246. The SMILES string of the molecule is CC(CCn1ccnc1NC1CC1)S(C)=O. The van der Waals surface area contributed by atoms with Crippen molar-refractivity contribution in [3.05, 3.63) is 12.4 Å². The Labute approximate surface area is 98.9 Å². The lowest BCUT2D eigenvalue weighted by Crippen LogP contribution is -2.14. The van der Waals surface area contributed by atoms with E-state index in [2.05, 4.69) is 14.9 Å². The molecule has 0 spiro atoms. The first-order valence-electron chi connectivity index (χ1n) is 5.76. The van der Waals surface area contributed by atoms with Crippen LogP contribution in [-0.4, -0.2) is 31.3 Å². The summed E-state index contributed by atoms with van der Waals surface area (Å²) in [6, 6.07) is 0.624. The summed E-state index contributed by atoms with van der Waals surface area (Å²) in [5.74, 6) is 0.955. The van der Waals surface area contributed by atoms with Gasteiger partial charge in [-0.3, -0.25) is 4.21 Å². The van der Waals surface area contributed by atoms with E-state index in [9.17, 15) is 4.21 Å². The number of imidazole rings is 1. The maximum atomic E-state index is 11.2. The lowest BCUT2D eigenvalue weighted by atomic mass is 10.3. The van der Waals surface area contributed by atoms with Crippen LogP contribution in [-0.2, 0) is 17.3 Å². The molecule has 2 rings (SSSR count). The van der Waals surface area contributed by atoms with Gasteiger partial charge >= 0.3 is 0 Å². The van der Waals surface area contributed by atoms with Crippen molar-refractivity contribution < 1.29 is 4.21 Å². The number of nitrogens with zero attached hydrogens (tertiary/aromatic N) is 2. The van der Waals surface area contributed by atoms with Crippen molar-refractivity contribution in [3.8, 4) is 0 Å². The average molecular weight is 241 g/mol. The van der Waals surface area contributed by atoms with Gasteiger partial charge in [0.1, 0.15) is 0 Å². The van der Waals surface area contributed by atoms with Gasteiger partial charge in [-0.15, -0.1) is 0 Å². The molecule has 1 saturated carbocycles.